The van der Waals surface area contributed by atoms with E-state index in [1.165, 1.54) is 12.8 Å². The van der Waals surface area contributed by atoms with Crippen molar-refractivity contribution >= 4 is 11.6 Å². The van der Waals surface area contributed by atoms with E-state index in [2.05, 4.69) is 16.8 Å². The number of nitrogens with zero attached hydrogens (tertiary/aromatic N) is 3. The number of nitrogens with two attached hydrogens (primary N) is 1. The molecule has 2 heterocycles. The second-order valence-corrected chi connectivity index (χ2v) is 5.96. The van der Waals surface area contributed by atoms with Gasteiger partial charge in [0.2, 0.25) is 0 Å². The number of methoxy groups -OCH3 is 1. The molecular weight excluding hydrogens is 240 g/mol. The average Bonchev–Trinajstić information content (AvgIpc) is 3.22. The third kappa shape index (κ3) is 2.66. The highest BCUT2D eigenvalue weighted by molar-refractivity contribution is 5.48. The minimum atomic E-state index is -0.0856. The van der Waals surface area contributed by atoms with Crippen molar-refractivity contribution in [2.45, 2.75) is 44.1 Å². The topological polar surface area (TPSA) is 64.3 Å². The van der Waals surface area contributed by atoms with Crippen LogP contribution in [0.2, 0.25) is 0 Å². The number of ether oxygens (including phenoxy) is 1. The molecule has 1 aliphatic heterocycles. The van der Waals surface area contributed by atoms with Crippen LogP contribution in [-0.2, 0) is 4.74 Å². The van der Waals surface area contributed by atoms with Gasteiger partial charge in [0.15, 0.2) is 0 Å². The van der Waals surface area contributed by atoms with Gasteiger partial charge in [-0.05, 0) is 32.6 Å². The molecule has 1 aromatic heterocycles. The first-order valence-corrected chi connectivity index (χ1v) is 7.04. The fourth-order valence-corrected chi connectivity index (χ4v) is 2.73. The molecule has 3 rings (SSSR count). The smallest absolute Gasteiger partial charge is 0.136 e. The maximum Gasteiger partial charge on any atom is 0.136 e. The van der Waals surface area contributed by atoms with Gasteiger partial charge in [0, 0.05) is 32.2 Å². The van der Waals surface area contributed by atoms with Crippen LogP contribution in [0.5, 0.6) is 0 Å². The molecule has 1 saturated carbocycles. The second kappa shape index (κ2) is 4.63. The predicted octanol–water partition coefficient (Wildman–Crippen LogP) is 1.94. The number of aromatic nitrogens is 2. The van der Waals surface area contributed by atoms with Gasteiger partial charge in [0.1, 0.15) is 17.5 Å². The molecule has 5 nitrogen and oxygen atoms in total. The van der Waals surface area contributed by atoms with E-state index in [-0.39, 0.29) is 5.60 Å². The highest BCUT2D eigenvalue weighted by Gasteiger charge is 2.33. The molecule has 2 fully saturated rings. The predicted molar refractivity (Wildman–Crippen MR) is 75.3 cm³/mol. The van der Waals surface area contributed by atoms with Gasteiger partial charge in [0.25, 0.3) is 0 Å². The molecule has 1 saturated heterocycles. The van der Waals surface area contributed by atoms with Crippen molar-refractivity contribution in [2.75, 3.05) is 30.8 Å². The molecule has 0 aromatic carbocycles. The Labute approximate surface area is 114 Å². The summed E-state index contributed by atoms with van der Waals surface area (Å²) in [5.41, 5.74) is 5.84. The van der Waals surface area contributed by atoms with Gasteiger partial charge in [-0.3, -0.25) is 0 Å². The van der Waals surface area contributed by atoms with Gasteiger partial charge in [-0.2, -0.15) is 0 Å². The summed E-state index contributed by atoms with van der Waals surface area (Å²) in [6, 6.07) is 1.88. The Morgan fingerprint density at radius 2 is 2.21 bits per heavy atom. The van der Waals surface area contributed by atoms with Crippen LogP contribution in [-0.4, -0.2) is 35.8 Å². The fourth-order valence-electron chi connectivity index (χ4n) is 2.73. The standard InChI is InChI=1S/C14H22N4O/c1-14(19-2)6-3-7-18(9-14)12-8-11(15)16-13(17-12)10-4-5-10/h8,10H,3-7,9H2,1-2H3,(H2,15,16,17). The zero-order valence-electron chi connectivity index (χ0n) is 11.7. The lowest BCUT2D eigenvalue weighted by molar-refractivity contribution is -0.00482. The molecule has 19 heavy (non-hydrogen) atoms. The number of nitrogen functional groups attached to an aromatic ring is 1. The molecule has 0 bridgehead atoms. The molecule has 1 atom stereocenters. The van der Waals surface area contributed by atoms with E-state index in [1.807, 2.05) is 6.07 Å². The first-order valence-electron chi connectivity index (χ1n) is 7.04. The van der Waals surface area contributed by atoms with E-state index < -0.39 is 0 Å². The Balaban J connectivity index is 1.84. The Hall–Kier alpha value is -1.36. The molecule has 5 heteroatoms. The molecule has 0 spiro atoms. The van der Waals surface area contributed by atoms with Crippen molar-refractivity contribution in [2.24, 2.45) is 0 Å². The Morgan fingerprint density at radius 3 is 2.89 bits per heavy atom. The Morgan fingerprint density at radius 1 is 1.42 bits per heavy atom. The summed E-state index contributed by atoms with van der Waals surface area (Å²) in [4.78, 5) is 11.3. The first kappa shape index (κ1) is 12.7. The third-order valence-corrected chi connectivity index (χ3v) is 4.17. The normalized spacial score (nSPS) is 27.6. The quantitative estimate of drug-likeness (QED) is 0.902. The van der Waals surface area contributed by atoms with Crippen molar-refractivity contribution < 1.29 is 4.74 Å². The number of hydrogen-bond donors (Lipinski definition) is 1. The van der Waals surface area contributed by atoms with Crippen LogP contribution in [0.1, 0.15) is 44.3 Å². The third-order valence-electron chi connectivity index (χ3n) is 4.17. The molecule has 1 aliphatic carbocycles. The van der Waals surface area contributed by atoms with Gasteiger partial charge in [-0.15, -0.1) is 0 Å². The molecule has 0 radical (unpaired) electrons. The van der Waals surface area contributed by atoms with Crippen LogP contribution in [0, 0.1) is 0 Å². The van der Waals surface area contributed by atoms with Gasteiger partial charge >= 0.3 is 0 Å². The summed E-state index contributed by atoms with van der Waals surface area (Å²) in [5, 5.41) is 0. The minimum Gasteiger partial charge on any atom is -0.384 e. The molecule has 1 aromatic rings. The first-order chi connectivity index (χ1) is 9.09. The summed E-state index contributed by atoms with van der Waals surface area (Å²) in [7, 11) is 1.79. The van der Waals surface area contributed by atoms with E-state index in [9.17, 15) is 0 Å². The maximum atomic E-state index is 5.92. The molecule has 2 N–H and O–H groups in total. The molecule has 104 valence electrons. The van der Waals surface area contributed by atoms with Crippen LogP contribution < -0.4 is 10.6 Å². The van der Waals surface area contributed by atoms with Crippen molar-refractivity contribution in [1.82, 2.24) is 9.97 Å². The Kier molecular flexibility index (Phi) is 3.09. The largest absolute Gasteiger partial charge is 0.384 e. The Bertz CT molecular complexity index is 475. The monoisotopic (exact) mass is 262 g/mol. The highest BCUT2D eigenvalue weighted by atomic mass is 16.5. The van der Waals surface area contributed by atoms with Gasteiger partial charge in [0.05, 0.1) is 5.60 Å². The van der Waals surface area contributed by atoms with Crippen molar-refractivity contribution in [3.63, 3.8) is 0 Å². The zero-order chi connectivity index (χ0) is 13.5. The van der Waals surface area contributed by atoms with Crippen LogP contribution in [0.3, 0.4) is 0 Å². The van der Waals surface area contributed by atoms with Crippen LogP contribution >= 0.6 is 0 Å². The minimum absolute atomic E-state index is 0.0856. The second-order valence-electron chi connectivity index (χ2n) is 5.96. The zero-order valence-corrected chi connectivity index (χ0v) is 11.7. The lowest BCUT2D eigenvalue weighted by atomic mass is 9.95. The van der Waals surface area contributed by atoms with Crippen LogP contribution in [0.25, 0.3) is 0 Å². The van der Waals surface area contributed by atoms with Crippen molar-refractivity contribution in [1.29, 1.82) is 0 Å². The number of hydrogen-bond acceptors (Lipinski definition) is 5. The molecule has 0 amide bonds. The summed E-state index contributed by atoms with van der Waals surface area (Å²) < 4.78 is 5.63. The van der Waals surface area contributed by atoms with E-state index >= 15 is 0 Å². The summed E-state index contributed by atoms with van der Waals surface area (Å²) >= 11 is 0. The lowest BCUT2D eigenvalue weighted by Crippen LogP contribution is -2.47. The maximum absolute atomic E-state index is 5.92. The molecule has 1 unspecified atom stereocenters. The number of rotatable bonds is 3. The summed E-state index contributed by atoms with van der Waals surface area (Å²) in [6.45, 7) is 4.04. The lowest BCUT2D eigenvalue weighted by Gasteiger charge is -2.40. The van der Waals surface area contributed by atoms with E-state index in [0.29, 0.717) is 11.7 Å². The number of piperidine rings is 1. The SMILES string of the molecule is COC1(C)CCCN(c2cc(N)nc(C3CC3)n2)C1. The molecule has 2 aliphatic rings. The van der Waals surface area contributed by atoms with Crippen LogP contribution in [0.15, 0.2) is 6.07 Å². The van der Waals surface area contributed by atoms with Crippen molar-refractivity contribution in [3.8, 4) is 0 Å². The summed E-state index contributed by atoms with van der Waals surface area (Å²) in [6.07, 6.45) is 4.60. The van der Waals surface area contributed by atoms with E-state index in [4.69, 9.17) is 15.5 Å². The van der Waals surface area contributed by atoms with Gasteiger partial charge < -0.3 is 15.4 Å². The average molecular weight is 262 g/mol. The van der Waals surface area contributed by atoms with Gasteiger partial charge in [-0.1, -0.05) is 0 Å². The highest BCUT2D eigenvalue weighted by Crippen LogP contribution is 2.39. The molecular formula is C14H22N4O. The van der Waals surface area contributed by atoms with Crippen molar-refractivity contribution in [3.05, 3.63) is 11.9 Å². The summed E-state index contributed by atoms with van der Waals surface area (Å²) in [5.74, 6) is 2.98. The van der Waals surface area contributed by atoms with E-state index in [1.54, 1.807) is 7.11 Å². The fraction of sp³-hybridized carbons (Fsp3) is 0.714. The van der Waals surface area contributed by atoms with Crippen LogP contribution in [0.4, 0.5) is 11.6 Å². The van der Waals surface area contributed by atoms with E-state index in [0.717, 1.165) is 37.6 Å². The number of anilines is 2. The van der Waals surface area contributed by atoms with Gasteiger partial charge in [-0.25, -0.2) is 9.97 Å².